The Morgan fingerprint density at radius 2 is 1.71 bits per heavy atom. The lowest BCUT2D eigenvalue weighted by Gasteiger charge is -2.14. The van der Waals surface area contributed by atoms with Gasteiger partial charge in [0.15, 0.2) is 11.6 Å². The lowest BCUT2D eigenvalue weighted by molar-refractivity contribution is 0.414. The number of halogens is 2. The summed E-state index contributed by atoms with van der Waals surface area (Å²) in [7, 11) is 1.58. The number of hydrogen-bond donors (Lipinski definition) is 0. The number of ether oxygens (including phenoxy) is 1. The third kappa shape index (κ3) is 2.25. The fraction of sp³-hybridized carbons (Fsp3) is 0.235. The molecule has 1 atom stereocenters. The second-order valence-corrected chi connectivity index (χ2v) is 5.09. The summed E-state index contributed by atoms with van der Waals surface area (Å²) in [4.78, 5) is 0. The zero-order valence-corrected chi connectivity index (χ0v) is 11.5. The predicted molar refractivity (Wildman–Crippen MR) is 74.2 cm³/mol. The Bertz CT molecular complexity index is 749. The Morgan fingerprint density at radius 3 is 2.38 bits per heavy atom. The van der Waals surface area contributed by atoms with E-state index in [2.05, 4.69) is 6.07 Å². The van der Waals surface area contributed by atoms with Gasteiger partial charge in [-0.25, -0.2) is 8.78 Å². The maximum Gasteiger partial charge on any atom is 0.159 e. The summed E-state index contributed by atoms with van der Waals surface area (Å²) < 4.78 is 32.2. The fourth-order valence-corrected chi connectivity index (χ4v) is 2.87. The zero-order valence-electron chi connectivity index (χ0n) is 11.5. The van der Waals surface area contributed by atoms with Crippen molar-refractivity contribution in [3.05, 3.63) is 64.2 Å². The normalized spacial score (nSPS) is 16.4. The van der Waals surface area contributed by atoms with Gasteiger partial charge in [0.1, 0.15) is 5.75 Å². The van der Waals surface area contributed by atoms with Gasteiger partial charge in [0, 0.05) is 0 Å². The summed E-state index contributed by atoms with van der Waals surface area (Å²) in [6.45, 7) is 0. The van der Waals surface area contributed by atoms with Crippen LogP contribution in [0.5, 0.6) is 5.75 Å². The third-order valence-corrected chi connectivity index (χ3v) is 3.95. The highest BCUT2D eigenvalue weighted by atomic mass is 19.2. The van der Waals surface area contributed by atoms with Crippen LogP contribution in [0.4, 0.5) is 8.78 Å². The second-order valence-electron chi connectivity index (χ2n) is 5.09. The number of nitrogens with zero attached hydrogens (tertiary/aromatic N) is 1. The zero-order chi connectivity index (χ0) is 15.0. The van der Waals surface area contributed by atoms with Crippen LogP contribution in [-0.2, 0) is 12.8 Å². The van der Waals surface area contributed by atoms with Gasteiger partial charge in [0.05, 0.1) is 19.1 Å². The number of rotatable bonds is 1. The summed E-state index contributed by atoms with van der Waals surface area (Å²) in [6, 6.07) is 10.1. The van der Waals surface area contributed by atoms with E-state index in [0.29, 0.717) is 29.7 Å². The molecule has 21 heavy (non-hydrogen) atoms. The molecule has 0 fully saturated rings. The molecule has 1 aliphatic rings. The van der Waals surface area contributed by atoms with E-state index in [1.165, 1.54) is 6.07 Å². The molecule has 0 aliphatic heterocycles. The van der Waals surface area contributed by atoms with E-state index in [-0.39, 0.29) is 0 Å². The van der Waals surface area contributed by atoms with Crippen molar-refractivity contribution >= 4 is 0 Å². The summed E-state index contributed by atoms with van der Waals surface area (Å²) in [6.07, 6.45) is 1.24. The summed E-state index contributed by atoms with van der Waals surface area (Å²) >= 11 is 0. The Labute approximate surface area is 121 Å². The van der Waals surface area contributed by atoms with E-state index in [1.807, 2.05) is 12.1 Å². The topological polar surface area (TPSA) is 33.0 Å². The van der Waals surface area contributed by atoms with Gasteiger partial charge in [-0.1, -0.05) is 6.07 Å². The van der Waals surface area contributed by atoms with Crippen molar-refractivity contribution in [2.24, 2.45) is 0 Å². The van der Waals surface area contributed by atoms with Gasteiger partial charge in [-0.15, -0.1) is 0 Å². The minimum absolute atomic E-state index is 0.556. The Hall–Kier alpha value is -2.41. The molecule has 1 unspecified atom stereocenters. The van der Waals surface area contributed by atoms with Gasteiger partial charge < -0.3 is 4.74 Å². The van der Waals surface area contributed by atoms with E-state index >= 15 is 0 Å². The van der Waals surface area contributed by atoms with Crippen LogP contribution in [0.25, 0.3) is 0 Å². The quantitative estimate of drug-likeness (QED) is 0.800. The highest BCUT2D eigenvalue weighted by Crippen LogP contribution is 2.36. The molecule has 0 amide bonds. The van der Waals surface area contributed by atoms with Crippen molar-refractivity contribution in [1.29, 1.82) is 5.26 Å². The van der Waals surface area contributed by atoms with Gasteiger partial charge in [0.25, 0.3) is 0 Å². The summed E-state index contributed by atoms with van der Waals surface area (Å²) in [5.74, 6) is -1.65. The van der Waals surface area contributed by atoms with Crippen LogP contribution in [0.2, 0.25) is 0 Å². The highest BCUT2D eigenvalue weighted by Gasteiger charge is 2.25. The number of nitriles is 1. The van der Waals surface area contributed by atoms with Crippen LogP contribution >= 0.6 is 0 Å². The van der Waals surface area contributed by atoms with Crippen LogP contribution in [-0.4, -0.2) is 7.11 Å². The monoisotopic (exact) mass is 285 g/mol. The lowest BCUT2D eigenvalue weighted by atomic mass is 9.89. The van der Waals surface area contributed by atoms with Crippen molar-refractivity contribution < 1.29 is 13.5 Å². The largest absolute Gasteiger partial charge is 0.497 e. The van der Waals surface area contributed by atoms with Crippen molar-refractivity contribution in [3.63, 3.8) is 0 Å². The van der Waals surface area contributed by atoms with Gasteiger partial charge in [-0.3, -0.25) is 0 Å². The maximum atomic E-state index is 13.5. The molecule has 0 saturated heterocycles. The molecule has 0 spiro atoms. The van der Waals surface area contributed by atoms with E-state index in [4.69, 9.17) is 4.74 Å². The Morgan fingerprint density at radius 1 is 1.05 bits per heavy atom. The van der Waals surface area contributed by atoms with E-state index in [9.17, 15) is 14.0 Å². The minimum Gasteiger partial charge on any atom is -0.497 e. The van der Waals surface area contributed by atoms with Crippen molar-refractivity contribution in [2.45, 2.75) is 18.8 Å². The molecule has 2 aromatic carbocycles. The summed E-state index contributed by atoms with van der Waals surface area (Å²) in [5, 5.41) is 9.50. The lowest BCUT2D eigenvalue weighted by Crippen LogP contribution is -2.03. The maximum absolute atomic E-state index is 13.5. The van der Waals surface area contributed by atoms with Crippen molar-refractivity contribution in [2.75, 3.05) is 7.11 Å². The molecule has 0 aromatic heterocycles. The van der Waals surface area contributed by atoms with Crippen LogP contribution in [0.3, 0.4) is 0 Å². The smallest absolute Gasteiger partial charge is 0.159 e. The molecule has 1 aliphatic carbocycles. The standard InChI is InChI=1S/C17H13F2NO/c1-21-12-4-5-13-10(6-12)2-3-11-7-16(18)17(19)8-14(11)15(13)9-20/h4-8,15H,2-3H2,1H3. The Kier molecular flexibility index (Phi) is 3.34. The average Bonchev–Trinajstić information content (AvgIpc) is 2.64. The Balaban J connectivity index is 2.19. The molecule has 2 aromatic rings. The van der Waals surface area contributed by atoms with Crippen molar-refractivity contribution in [1.82, 2.24) is 0 Å². The number of hydrogen-bond acceptors (Lipinski definition) is 2. The molecule has 0 bridgehead atoms. The number of fused-ring (bicyclic) bond motifs is 2. The number of benzene rings is 2. The molecule has 0 heterocycles. The van der Waals surface area contributed by atoms with E-state index < -0.39 is 17.6 Å². The van der Waals surface area contributed by atoms with Gasteiger partial charge in [0.2, 0.25) is 0 Å². The van der Waals surface area contributed by atoms with Crippen molar-refractivity contribution in [3.8, 4) is 11.8 Å². The molecular formula is C17H13F2NO. The first-order valence-electron chi connectivity index (χ1n) is 6.68. The molecule has 0 N–H and O–H groups in total. The SMILES string of the molecule is COc1ccc2c(c1)CCc1cc(F)c(F)cc1C2C#N. The molecule has 4 heteroatoms. The molecule has 2 nitrogen and oxygen atoms in total. The highest BCUT2D eigenvalue weighted by molar-refractivity contribution is 5.50. The average molecular weight is 285 g/mol. The van der Waals surface area contributed by atoms with Crippen LogP contribution < -0.4 is 4.74 Å². The second kappa shape index (κ2) is 5.17. The van der Waals surface area contributed by atoms with E-state index in [0.717, 1.165) is 17.2 Å². The minimum atomic E-state index is -0.911. The van der Waals surface area contributed by atoms with Crippen LogP contribution in [0.1, 0.15) is 28.2 Å². The molecule has 106 valence electrons. The molecular weight excluding hydrogens is 272 g/mol. The van der Waals surface area contributed by atoms with Crippen LogP contribution in [0, 0.1) is 23.0 Å². The van der Waals surface area contributed by atoms with Gasteiger partial charge in [-0.05, 0) is 59.4 Å². The molecule has 0 radical (unpaired) electrons. The van der Waals surface area contributed by atoms with Gasteiger partial charge in [-0.2, -0.15) is 5.26 Å². The number of methoxy groups -OCH3 is 1. The van der Waals surface area contributed by atoms with E-state index in [1.54, 1.807) is 13.2 Å². The van der Waals surface area contributed by atoms with Crippen LogP contribution in [0.15, 0.2) is 30.3 Å². The summed E-state index contributed by atoms with van der Waals surface area (Å²) in [5.41, 5.74) is 3.07. The first kappa shape index (κ1) is 13.6. The van der Waals surface area contributed by atoms with Gasteiger partial charge >= 0.3 is 0 Å². The molecule has 0 saturated carbocycles. The third-order valence-electron chi connectivity index (χ3n) is 3.95. The first-order chi connectivity index (χ1) is 10.1. The number of aryl methyl sites for hydroxylation is 2. The fourth-order valence-electron chi connectivity index (χ4n) is 2.87. The first-order valence-corrected chi connectivity index (χ1v) is 6.68. The predicted octanol–water partition coefficient (Wildman–Crippen LogP) is 3.73. The molecule has 3 rings (SSSR count).